The molecule has 5 nitrogen and oxygen atoms in total. The van der Waals surface area contributed by atoms with Crippen LogP contribution >= 0.6 is 0 Å². The topological polar surface area (TPSA) is 78.8 Å². The lowest BCUT2D eigenvalue weighted by atomic mass is 10.1. The Hall–Kier alpha value is -1.64. The van der Waals surface area contributed by atoms with E-state index in [-0.39, 0.29) is 18.7 Å². The van der Waals surface area contributed by atoms with E-state index in [2.05, 4.69) is 5.32 Å². The average Bonchev–Trinajstić information content (AvgIpc) is 2.77. The van der Waals surface area contributed by atoms with Gasteiger partial charge in [-0.15, -0.1) is 0 Å². The van der Waals surface area contributed by atoms with Gasteiger partial charge >= 0.3 is 12.1 Å². The zero-order valence-electron chi connectivity index (χ0n) is 10.8. The molecule has 0 aliphatic carbocycles. The van der Waals surface area contributed by atoms with Crippen molar-refractivity contribution in [1.82, 2.24) is 5.32 Å². The minimum Gasteiger partial charge on any atom is -0.480 e. The molecule has 0 spiro atoms. The number of nitrogens with one attached hydrogen (secondary N) is 1. The quantitative estimate of drug-likeness (QED) is 0.774. The van der Waals surface area contributed by atoms with Crippen molar-refractivity contribution >= 4 is 5.97 Å². The maximum Gasteiger partial charge on any atom is 0.416 e. The number of hydrogen-bond donors (Lipinski definition) is 3. The van der Waals surface area contributed by atoms with Crippen LogP contribution in [0.15, 0.2) is 24.3 Å². The number of rotatable bonds is 4. The van der Waals surface area contributed by atoms with Gasteiger partial charge in [-0.05, 0) is 11.6 Å². The number of carbonyl (C=O) groups is 1. The summed E-state index contributed by atoms with van der Waals surface area (Å²) >= 11 is 0. The van der Waals surface area contributed by atoms with Gasteiger partial charge in [-0.1, -0.05) is 18.2 Å². The Morgan fingerprint density at radius 3 is 2.62 bits per heavy atom. The highest BCUT2D eigenvalue weighted by Crippen LogP contribution is 2.32. The summed E-state index contributed by atoms with van der Waals surface area (Å²) in [5.41, 5.74) is -0.865. The molecule has 1 saturated heterocycles. The van der Waals surface area contributed by atoms with E-state index < -0.39 is 36.0 Å². The van der Waals surface area contributed by atoms with Crippen LogP contribution in [0, 0.1) is 0 Å². The second kappa shape index (κ2) is 6.00. The Kier molecular flexibility index (Phi) is 4.50. The summed E-state index contributed by atoms with van der Waals surface area (Å²) in [5, 5.41) is 21.1. The molecule has 0 bridgehead atoms. The van der Waals surface area contributed by atoms with Crippen LogP contribution in [0.4, 0.5) is 13.2 Å². The van der Waals surface area contributed by atoms with E-state index in [4.69, 9.17) is 9.84 Å². The Morgan fingerprint density at radius 1 is 1.38 bits per heavy atom. The molecule has 1 aliphatic heterocycles. The molecular formula is C13H14F3NO4. The van der Waals surface area contributed by atoms with Gasteiger partial charge < -0.3 is 14.9 Å². The zero-order valence-corrected chi connectivity index (χ0v) is 10.8. The SMILES string of the molecule is O=C(O)[C@H]1NC[C@H](OCc2ccccc2C(F)(F)F)[C@H]1O. The molecule has 1 aromatic carbocycles. The third kappa shape index (κ3) is 3.52. The van der Waals surface area contributed by atoms with Gasteiger partial charge in [0.05, 0.1) is 18.3 Å². The third-order valence-electron chi connectivity index (χ3n) is 3.30. The fourth-order valence-corrected chi connectivity index (χ4v) is 2.21. The number of halogens is 3. The molecule has 3 N–H and O–H groups in total. The summed E-state index contributed by atoms with van der Waals surface area (Å²) in [5.74, 6) is -1.23. The number of hydrogen-bond acceptors (Lipinski definition) is 4. The van der Waals surface area contributed by atoms with E-state index in [1.54, 1.807) is 0 Å². The number of carboxylic acid groups (broad SMARTS) is 1. The number of benzene rings is 1. The average molecular weight is 305 g/mol. The highest BCUT2D eigenvalue weighted by atomic mass is 19.4. The second-order valence-electron chi connectivity index (χ2n) is 4.72. The first-order valence-corrected chi connectivity index (χ1v) is 6.21. The van der Waals surface area contributed by atoms with Gasteiger partial charge in [0.1, 0.15) is 12.1 Å². The Labute approximate surface area is 118 Å². The van der Waals surface area contributed by atoms with Gasteiger partial charge in [0.2, 0.25) is 0 Å². The minimum atomic E-state index is -4.49. The van der Waals surface area contributed by atoms with E-state index in [1.165, 1.54) is 18.2 Å². The monoisotopic (exact) mass is 305 g/mol. The number of alkyl halides is 3. The lowest BCUT2D eigenvalue weighted by molar-refractivity contribution is -0.142. The highest BCUT2D eigenvalue weighted by Gasteiger charge is 2.40. The molecule has 0 aromatic heterocycles. The van der Waals surface area contributed by atoms with Crippen molar-refractivity contribution in [3.63, 3.8) is 0 Å². The molecule has 0 unspecified atom stereocenters. The van der Waals surface area contributed by atoms with Crippen LogP contribution in [0.2, 0.25) is 0 Å². The first-order valence-electron chi connectivity index (χ1n) is 6.21. The van der Waals surface area contributed by atoms with Gasteiger partial charge in [0.25, 0.3) is 0 Å². The van der Waals surface area contributed by atoms with Gasteiger partial charge in [0, 0.05) is 6.54 Å². The first-order chi connectivity index (χ1) is 9.80. The lowest BCUT2D eigenvalue weighted by Crippen LogP contribution is -2.40. The van der Waals surface area contributed by atoms with Gasteiger partial charge in [-0.25, -0.2) is 0 Å². The predicted octanol–water partition coefficient (Wildman–Crippen LogP) is 1.01. The summed E-state index contributed by atoms with van der Waals surface area (Å²) in [4.78, 5) is 10.8. The van der Waals surface area contributed by atoms with Crippen molar-refractivity contribution in [2.24, 2.45) is 0 Å². The van der Waals surface area contributed by atoms with Crippen LogP contribution in [0.1, 0.15) is 11.1 Å². The third-order valence-corrected chi connectivity index (χ3v) is 3.30. The summed E-state index contributed by atoms with van der Waals surface area (Å²) in [6.45, 7) is -0.294. The molecule has 2 rings (SSSR count). The van der Waals surface area contributed by atoms with Gasteiger partial charge in [0.15, 0.2) is 0 Å². The molecule has 0 radical (unpaired) electrons. The molecule has 0 amide bonds. The van der Waals surface area contributed by atoms with E-state index in [9.17, 15) is 23.1 Å². The number of ether oxygens (including phenoxy) is 1. The second-order valence-corrected chi connectivity index (χ2v) is 4.72. The number of aliphatic carboxylic acids is 1. The standard InChI is InChI=1S/C13H14F3NO4/c14-13(15,16)8-4-2-1-3-7(8)6-21-9-5-17-10(11(9)18)12(19)20/h1-4,9-11,17-18H,5-6H2,(H,19,20)/t9-,10-,11+/m0/s1. The van der Waals surface area contributed by atoms with Crippen LogP contribution < -0.4 is 5.32 Å². The van der Waals surface area contributed by atoms with E-state index in [1.807, 2.05) is 0 Å². The number of carboxylic acids is 1. The summed E-state index contributed by atoms with van der Waals surface area (Å²) in [6, 6.07) is 3.79. The van der Waals surface area contributed by atoms with Crippen molar-refractivity contribution in [3.05, 3.63) is 35.4 Å². The Morgan fingerprint density at radius 2 is 2.05 bits per heavy atom. The van der Waals surface area contributed by atoms with E-state index in [0.717, 1.165) is 6.07 Å². The Balaban J connectivity index is 2.03. The van der Waals surface area contributed by atoms with Crippen molar-refractivity contribution in [2.45, 2.75) is 31.0 Å². The molecule has 116 valence electrons. The van der Waals surface area contributed by atoms with Crippen LogP contribution in [0.3, 0.4) is 0 Å². The molecule has 1 aliphatic rings. The normalized spacial score (nSPS) is 26.0. The molecule has 1 heterocycles. The molecule has 1 fully saturated rings. The van der Waals surface area contributed by atoms with Crippen molar-refractivity contribution in [3.8, 4) is 0 Å². The van der Waals surface area contributed by atoms with Crippen molar-refractivity contribution in [1.29, 1.82) is 0 Å². The smallest absolute Gasteiger partial charge is 0.416 e. The maximum absolute atomic E-state index is 12.8. The van der Waals surface area contributed by atoms with Crippen LogP contribution in [0.25, 0.3) is 0 Å². The largest absolute Gasteiger partial charge is 0.480 e. The summed E-state index contributed by atoms with van der Waals surface area (Å²) < 4.78 is 43.6. The van der Waals surface area contributed by atoms with Gasteiger partial charge in [-0.2, -0.15) is 13.2 Å². The van der Waals surface area contributed by atoms with Crippen LogP contribution in [-0.4, -0.2) is 41.0 Å². The molecular weight excluding hydrogens is 291 g/mol. The maximum atomic E-state index is 12.8. The molecule has 21 heavy (non-hydrogen) atoms. The fraction of sp³-hybridized carbons (Fsp3) is 0.462. The summed E-state index contributed by atoms with van der Waals surface area (Å²) in [7, 11) is 0. The van der Waals surface area contributed by atoms with Crippen molar-refractivity contribution < 1.29 is 32.9 Å². The molecule has 0 saturated carbocycles. The minimum absolute atomic E-state index is 0.0593. The summed E-state index contributed by atoms with van der Waals surface area (Å²) in [6.07, 6.45) is -6.66. The van der Waals surface area contributed by atoms with E-state index in [0.29, 0.717) is 0 Å². The molecule has 8 heteroatoms. The fourth-order valence-electron chi connectivity index (χ4n) is 2.21. The van der Waals surface area contributed by atoms with Gasteiger partial charge in [-0.3, -0.25) is 10.1 Å². The van der Waals surface area contributed by atoms with Crippen LogP contribution in [-0.2, 0) is 22.3 Å². The Bertz CT molecular complexity index is 520. The zero-order chi connectivity index (χ0) is 15.6. The first kappa shape index (κ1) is 15.7. The van der Waals surface area contributed by atoms with Crippen LogP contribution in [0.5, 0.6) is 0 Å². The number of aliphatic hydroxyl groups excluding tert-OH is 1. The lowest BCUT2D eigenvalue weighted by Gasteiger charge is -2.18. The van der Waals surface area contributed by atoms with E-state index >= 15 is 0 Å². The molecule has 3 atom stereocenters. The number of aliphatic hydroxyl groups is 1. The highest BCUT2D eigenvalue weighted by molar-refractivity contribution is 5.74. The molecule has 1 aromatic rings. The van der Waals surface area contributed by atoms with Crippen molar-refractivity contribution in [2.75, 3.05) is 6.54 Å². The predicted molar refractivity (Wildman–Crippen MR) is 65.5 cm³/mol.